The fourth-order valence-electron chi connectivity index (χ4n) is 1.76. The van der Waals surface area contributed by atoms with Crippen molar-refractivity contribution in [2.24, 2.45) is 0 Å². The summed E-state index contributed by atoms with van der Waals surface area (Å²) in [6, 6.07) is 0. The van der Waals surface area contributed by atoms with Gasteiger partial charge in [-0.15, -0.1) is 0 Å². The second kappa shape index (κ2) is 9.81. The molecule has 0 fully saturated rings. The third-order valence-corrected chi connectivity index (χ3v) is 3.85. The zero-order valence-electron chi connectivity index (χ0n) is 16.5. The van der Waals surface area contributed by atoms with Gasteiger partial charge in [-0.2, -0.15) is 61.5 Å². The Kier molecular flexibility index (Phi) is 9.25. The zero-order chi connectivity index (χ0) is 28.6. The second-order valence-electron chi connectivity index (χ2n) is 6.66. The van der Waals surface area contributed by atoms with Gasteiger partial charge in [0.2, 0.25) is 0 Å². The summed E-state index contributed by atoms with van der Waals surface area (Å²) in [5.41, 5.74) is -0.369. The number of esters is 1. The molecule has 0 rings (SSSR count). The normalized spacial score (nSPS) is 15.9. The van der Waals surface area contributed by atoms with Gasteiger partial charge in [-0.3, -0.25) is 0 Å². The maximum Gasteiger partial charge on any atom is 0.426 e. The van der Waals surface area contributed by atoms with Gasteiger partial charge in [0.15, 0.2) is 0 Å². The molecular weight excluding hydrogens is 548 g/mol. The quantitative estimate of drug-likeness (QED) is 0.192. The van der Waals surface area contributed by atoms with Gasteiger partial charge in [-0.25, -0.2) is 13.6 Å². The van der Waals surface area contributed by atoms with Crippen molar-refractivity contribution in [1.29, 1.82) is 0 Å². The van der Waals surface area contributed by atoms with Crippen LogP contribution in [-0.2, 0) is 14.3 Å². The first-order valence-electron chi connectivity index (χ1n) is 8.24. The van der Waals surface area contributed by atoms with E-state index < -0.39 is 73.4 Å². The van der Waals surface area contributed by atoms with Crippen LogP contribution in [0.15, 0.2) is 12.2 Å². The Hall–Kier alpha value is -1.99. The minimum Gasteiger partial charge on any atom is -0.460 e. The predicted molar refractivity (Wildman–Crippen MR) is 78.4 cm³/mol. The van der Waals surface area contributed by atoms with Crippen LogP contribution in [0.2, 0.25) is 0 Å². The average molecular weight is 560 g/mol. The molecule has 0 spiro atoms. The highest BCUT2D eigenvalue weighted by Crippen LogP contribution is 2.62. The van der Waals surface area contributed by atoms with Crippen LogP contribution in [0, 0.1) is 0 Å². The molecule has 0 aliphatic rings. The Labute approximate surface area is 183 Å². The summed E-state index contributed by atoms with van der Waals surface area (Å²) < 4.78 is 217. The number of carbonyl (C=O) groups is 1. The molecule has 0 aromatic carbocycles. The largest absolute Gasteiger partial charge is 0.460 e. The van der Waals surface area contributed by atoms with Crippen molar-refractivity contribution < 1.29 is 89.6 Å². The number of halogens is 16. The molecule has 1 N–H and O–H groups in total. The number of alkyl halides is 16. The van der Waals surface area contributed by atoms with E-state index in [1.54, 1.807) is 0 Å². The first-order chi connectivity index (χ1) is 15.2. The molecule has 0 aromatic heterocycles. The fraction of sp³-hybridized carbons (Fsp3) is 0.800. The van der Waals surface area contributed by atoms with E-state index in [2.05, 4.69) is 16.1 Å². The van der Waals surface area contributed by atoms with Gasteiger partial charge in [0.05, 0.1) is 6.61 Å². The lowest BCUT2D eigenvalue weighted by molar-refractivity contribution is -0.470. The van der Waals surface area contributed by atoms with E-state index in [1.165, 1.54) is 0 Å². The van der Waals surface area contributed by atoms with Gasteiger partial charge in [-0.1, -0.05) is 6.58 Å². The minimum absolute atomic E-state index is 0.369. The molecule has 1 atom stereocenters. The standard InChI is InChI=1S/C15H12F16O4/c1-5(2)7(33)34-3-6(32)4-35-15(30,31)14(28,29)13(26,27)12(24,25)11(22,23)10(20,21)9(18,19)8(16)17/h6,8,32H,1,3-4H2,2H3. The molecule has 20 heteroatoms. The van der Waals surface area contributed by atoms with E-state index in [0.717, 1.165) is 6.92 Å². The van der Waals surface area contributed by atoms with E-state index in [-0.39, 0.29) is 5.57 Å². The van der Waals surface area contributed by atoms with Crippen LogP contribution >= 0.6 is 0 Å². The molecule has 35 heavy (non-hydrogen) atoms. The molecule has 0 saturated carbocycles. The van der Waals surface area contributed by atoms with Crippen molar-refractivity contribution in [2.45, 2.75) is 61.1 Å². The van der Waals surface area contributed by atoms with Crippen molar-refractivity contribution in [3.05, 3.63) is 12.2 Å². The van der Waals surface area contributed by atoms with Gasteiger partial charge < -0.3 is 14.6 Å². The number of hydrogen-bond acceptors (Lipinski definition) is 4. The van der Waals surface area contributed by atoms with E-state index >= 15 is 0 Å². The SMILES string of the molecule is C=C(C)C(=O)OCC(O)COC(F)(F)C(F)(F)C(F)(F)C(F)(F)C(F)(F)C(F)(F)C(F)(F)C(F)F. The highest BCUT2D eigenvalue weighted by Gasteiger charge is 2.94. The first-order valence-corrected chi connectivity index (χ1v) is 8.24. The summed E-state index contributed by atoms with van der Waals surface area (Å²) in [4.78, 5) is 11.0. The zero-order valence-corrected chi connectivity index (χ0v) is 16.5. The highest BCUT2D eigenvalue weighted by atomic mass is 19.4. The maximum absolute atomic E-state index is 13.5. The lowest BCUT2D eigenvalue weighted by atomic mass is 9.91. The molecule has 4 nitrogen and oxygen atoms in total. The number of rotatable bonds is 13. The molecule has 0 bridgehead atoms. The summed E-state index contributed by atoms with van der Waals surface area (Å²) in [6.07, 6.45) is -15.6. The van der Waals surface area contributed by atoms with E-state index in [9.17, 15) is 75.0 Å². The Morgan fingerprint density at radius 3 is 1.49 bits per heavy atom. The summed E-state index contributed by atoms with van der Waals surface area (Å²) in [6.45, 7) is 0.341. The number of ether oxygens (including phenoxy) is 2. The van der Waals surface area contributed by atoms with Crippen LogP contribution in [0.25, 0.3) is 0 Å². The van der Waals surface area contributed by atoms with Gasteiger partial charge in [0, 0.05) is 5.57 Å². The molecule has 0 heterocycles. The molecule has 0 amide bonds. The molecule has 0 aliphatic heterocycles. The second-order valence-corrected chi connectivity index (χ2v) is 6.66. The number of hydrogen-bond donors (Lipinski definition) is 1. The monoisotopic (exact) mass is 560 g/mol. The van der Waals surface area contributed by atoms with Crippen LogP contribution < -0.4 is 0 Å². The summed E-state index contributed by atoms with van der Waals surface area (Å²) in [5.74, 6) is -50.4. The van der Waals surface area contributed by atoms with E-state index in [4.69, 9.17) is 5.11 Å². The van der Waals surface area contributed by atoms with Crippen LogP contribution in [0.1, 0.15) is 6.92 Å². The topological polar surface area (TPSA) is 55.8 Å². The first kappa shape index (κ1) is 33.0. The Balaban J connectivity index is 6.06. The van der Waals surface area contributed by atoms with Crippen molar-refractivity contribution >= 4 is 5.97 Å². The van der Waals surface area contributed by atoms with Crippen LogP contribution in [-0.4, -0.2) is 78.5 Å². The lowest BCUT2D eigenvalue weighted by Crippen LogP contribution is -2.74. The van der Waals surface area contributed by atoms with Gasteiger partial charge in [-0.05, 0) is 6.92 Å². The van der Waals surface area contributed by atoms with Crippen LogP contribution in [0.5, 0.6) is 0 Å². The summed E-state index contributed by atoms with van der Waals surface area (Å²) >= 11 is 0. The molecule has 0 aromatic rings. The Morgan fingerprint density at radius 2 is 1.11 bits per heavy atom. The summed E-state index contributed by atoms with van der Waals surface area (Å²) in [5, 5.41) is 9.13. The third-order valence-electron chi connectivity index (χ3n) is 3.85. The lowest BCUT2D eigenvalue weighted by Gasteiger charge is -2.42. The number of aliphatic hydroxyl groups excluding tert-OH is 1. The molecular formula is C15H12F16O4. The molecule has 0 radical (unpaired) electrons. The Morgan fingerprint density at radius 1 is 0.743 bits per heavy atom. The summed E-state index contributed by atoms with van der Waals surface area (Å²) in [7, 11) is 0. The smallest absolute Gasteiger partial charge is 0.426 e. The fourth-order valence-corrected chi connectivity index (χ4v) is 1.76. The van der Waals surface area contributed by atoms with Crippen molar-refractivity contribution in [1.82, 2.24) is 0 Å². The molecule has 0 saturated heterocycles. The molecule has 208 valence electrons. The molecule has 1 unspecified atom stereocenters. The van der Waals surface area contributed by atoms with Gasteiger partial charge >= 0.3 is 54.0 Å². The number of carbonyl (C=O) groups excluding carboxylic acids is 1. The van der Waals surface area contributed by atoms with E-state index in [0.29, 0.717) is 0 Å². The highest BCUT2D eigenvalue weighted by molar-refractivity contribution is 5.86. The predicted octanol–water partition coefficient (Wildman–Crippen LogP) is 5.15. The van der Waals surface area contributed by atoms with Crippen molar-refractivity contribution in [3.8, 4) is 0 Å². The minimum atomic E-state index is -8.55. The average Bonchev–Trinajstić information content (AvgIpc) is 2.69. The van der Waals surface area contributed by atoms with Crippen molar-refractivity contribution in [3.63, 3.8) is 0 Å². The van der Waals surface area contributed by atoms with Crippen LogP contribution in [0.3, 0.4) is 0 Å². The maximum atomic E-state index is 13.5. The van der Waals surface area contributed by atoms with E-state index in [1.807, 2.05) is 0 Å². The molecule has 0 aliphatic carbocycles. The van der Waals surface area contributed by atoms with Gasteiger partial charge in [0.25, 0.3) is 0 Å². The van der Waals surface area contributed by atoms with Crippen molar-refractivity contribution in [2.75, 3.05) is 13.2 Å². The number of aliphatic hydroxyl groups is 1. The third kappa shape index (κ3) is 5.41. The van der Waals surface area contributed by atoms with Gasteiger partial charge in [0.1, 0.15) is 12.7 Å². The van der Waals surface area contributed by atoms with Crippen LogP contribution in [0.4, 0.5) is 70.2 Å². The Bertz CT molecular complexity index is 779.